The van der Waals surface area contributed by atoms with Crippen molar-refractivity contribution in [3.05, 3.63) is 12.4 Å². The first-order valence-corrected chi connectivity index (χ1v) is 4.76. The summed E-state index contributed by atoms with van der Waals surface area (Å²) in [5, 5.41) is 10.9. The SMILES string of the molecule is Cl.Cl.Cn1ccnc1NC(=O)[C@@H](N)CCC(=O)O. The number of anilines is 1. The molecule has 0 aliphatic carbocycles. The van der Waals surface area contributed by atoms with Crippen LogP contribution >= 0.6 is 24.8 Å². The molecule has 0 aliphatic rings. The molecule has 1 amide bonds. The van der Waals surface area contributed by atoms with Crippen molar-refractivity contribution in [3.8, 4) is 0 Å². The Labute approximate surface area is 117 Å². The molecule has 9 heteroatoms. The molecule has 1 aromatic heterocycles. The van der Waals surface area contributed by atoms with Gasteiger partial charge in [-0.3, -0.25) is 14.9 Å². The lowest BCUT2D eigenvalue weighted by molar-refractivity contribution is -0.137. The summed E-state index contributed by atoms with van der Waals surface area (Å²) in [6.45, 7) is 0. The van der Waals surface area contributed by atoms with Crippen molar-refractivity contribution in [1.29, 1.82) is 0 Å². The van der Waals surface area contributed by atoms with E-state index in [4.69, 9.17) is 10.8 Å². The minimum absolute atomic E-state index is 0. The number of hydrogen-bond acceptors (Lipinski definition) is 4. The Morgan fingerprint density at radius 1 is 1.56 bits per heavy atom. The quantitative estimate of drug-likeness (QED) is 0.728. The average molecular weight is 299 g/mol. The number of amides is 1. The minimum Gasteiger partial charge on any atom is -0.481 e. The number of aryl methyl sites for hydroxylation is 1. The van der Waals surface area contributed by atoms with Crippen molar-refractivity contribution >= 4 is 42.6 Å². The molecule has 0 aliphatic heterocycles. The Kier molecular flexibility index (Phi) is 9.24. The zero-order valence-electron chi connectivity index (χ0n) is 9.70. The van der Waals surface area contributed by atoms with E-state index in [1.165, 1.54) is 0 Å². The van der Waals surface area contributed by atoms with Crippen molar-refractivity contribution in [2.45, 2.75) is 18.9 Å². The van der Waals surface area contributed by atoms with Gasteiger partial charge >= 0.3 is 5.97 Å². The van der Waals surface area contributed by atoms with Crippen LogP contribution in [0.4, 0.5) is 5.95 Å². The van der Waals surface area contributed by atoms with Gasteiger partial charge in [-0.1, -0.05) is 0 Å². The zero-order valence-corrected chi connectivity index (χ0v) is 11.3. The molecule has 0 aromatic carbocycles. The highest BCUT2D eigenvalue weighted by molar-refractivity contribution is 5.93. The predicted molar refractivity (Wildman–Crippen MR) is 71.2 cm³/mol. The number of carboxylic acid groups (broad SMARTS) is 1. The fourth-order valence-corrected chi connectivity index (χ4v) is 1.10. The summed E-state index contributed by atoms with van der Waals surface area (Å²) < 4.78 is 1.63. The van der Waals surface area contributed by atoms with E-state index in [2.05, 4.69) is 10.3 Å². The molecule has 0 bridgehead atoms. The molecule has 0 saturated carbocycles. The van der Waals surface area contributed by atoms with Gasteiger partial charge in [0.15, 0.2) is 0 Å². The van der Waals surface area contributed by atoms with E-state index in [0.717, 1.165) is 0 Å². The third-order valence-corrected chi connectivity index (χ3v) is 2.06. The average Bonchev–Trinajstić information content (AvgIpc) is 2.60. The van der Waals surface area contributed by atoms with Crippen molar-refractivity contribution in [2.75, 3.05) is 5.32 Å². The maximum Gasteiger partial charge on any atom is 0.303 e. The van der Waals surface area contributed by atoms with Gasteiger partial charge in [0.1, 0.15) is 0 Å². The lowest BCUT2D eigenvalue weighted by atomic mass is 10.1. The Balaban J connectivity index is 0. The van der Waals surface area contributed by atoms with E-state index in [1.807, 2.05) is 0 Å². The molecule has 104 valence electrons. The van der Waals surface area contributed by atoms with Crippen molar-refractivity contribution < 1.29 is 14.7 Å². The number of carbonyl (C=O) groups excluding carboxylic acids is 1. The predicted octanol–water partition coefficient (Wildman–Crippen LogP) is 0.394. The van der Waals surface area contributed by atoms with Crippen LogP contribution in [0.2, 0.25) is 0 Å². The number of aliphatic carboxylic acids is 1. The largest absolute Gasteiger partial charge is 0.481 e. The van der Waals surface area contributed by atoms with Crippen LogP contribution in [-0.2, 0) is 16.6 Å². The second kappa shape index (κ2) is 8.73. The number of hydrogen-bond donors (Lipinski definition) is 3. The van der Waals surface area contributed by atoms with E-state index in [-0.39, 0.29) is 37.7 Å². The van der Waals surface area contributed by atoms with Crippen molar-refractivity contribution in [2.24, 2.45) is 12.8 Å². The van der Waals surface area contributed by atoms with Crippen LogP contribution in [0.15, 0.2) is 12.4 Å². The summed E-state index contributed by atoms with van der Waals surface area (Å²) in [6.07, 6.45) is 3.19. The van der Waals surface area contributed by atoms with E-state index < -0.39 is 17.9 Å². The first-order chi connectivity index (χ1) is 7.50. The number of aromatic nitrogens is 2. The molecule has 0 spiro atoms. The Morgan fingerprint density at radius 3 is 2.61 bits per heavy atom. The molecular weight excluding hydrogens is 283 g/mol. The van der Waals surface area contributed by atoms with Gasteiger partial charge in [-0.25, -0.2) is 4.98 Å². The van der Waals surface area contributed by atoms with Crippen LogP contribution < -0.4 is 11.1 Å². The zero-order chi connectivity index (χ0) is 12.1. The molecule has 1 aromatic rings. The van der Waals surface area contributed by atoms with Gasteiger partial charge in [-0.2, -0.15) is 0 Å². The Morgan fingerprint density at radius 2 is 2.17 bits per heavy atom. The molecule has 18 heavy (non-hydrogen) atoms. The standard InChI is InChI=1S/C9H14N4O3.2ClH/c1-13-5-4-11-9(13)12-8(16)6(10)2-3-7(14)15;;/h4-6H,2-3,10H2,1H3,(H,14,15)(H,11,12,16);2*1H/t6-;;/m0../s1. The number of nitrogens with two attached hydrogens (primary N) is 1. The lowest BCUT2D eigenvalue weighted by Crippen LogP contribution is -2.36. The van der Waals surface area contributed by atoms with Crippen LogP contribution in [0, 0.1) is 0 Å². The van der Waals surface area contributed by atoms with Gasteiger partial charge in [0.2, 0.25) is 11.9 Å². The molecule has 7 nitrogen and oxygen atoms in total. The number of nitrogens with one attached hydrogen (secondary N) is 1. The van der Waals surface area contributed by atoms with E-state index >= 15 is 0 Å². The smallest absolute Gasteiger partial charge is 0.303 e. The molecule has 1 rings (SSSR count). The second-order valence-electron chi connectivity index (χ2n) is 3.39. The van der Waals surface area contributed by atoms with Crippen LogP contribution in [0.1, 0.15) is 12.8 Å². The highest BCUT2D eigenvalue weighted by Gasteiger charge is 2.16. The molecule has 4 N–H and O–H groups in total. The normalized spacial score (nSPS) is 10.8. The number of imidazole rings is 1. The van der Waals surface area contributed by atoms with Gasteiger partial charge in [-0.15, -0.1) is 24.8 Å². The molecule has 1 heterocycles. The van der Waals surface area contributed by atoms with Crippen LogP contribution in [0.25, 0.3) is 0 Å². The van der Waals surface area contributed by atoms with Crippen molar-refractivity contribution in [3.63, 3.8) is 0 Å². The second-order valence-corrected chi connectivity index (χ2v) is 3.39. The summed E-state index contributed by atoms with van der Waals surface area (Å²) in [5.41, 5.74) is 5.52. The molecule has 1 atom stereocenters. The molecule has 0 radical (unpaired) electrons. The molecule has 0 fully saturated rings. The Hall–Kier alpha value is -1.31. The fraction of sp³-hybridized carbons (Fsp3) is 0.444. The summed E-state index contributed by atoms with van der Waals surface area (Å²) in [4.78, 5) is 25.7. The maximum absolute atomic E-state index is 11.5. The number of rotatable bonds is 5. The minimum atomic E-state index is -0.972. The molecule has 0 unspecified atom stereocenters. The maximum atomic E-state index is 11.5. The molecular formula is C9H16Cl2N4O3. The van der Waals surface area contributed by atoms with Crippen LogP contribution in [-0.4, -0.2) is 32.6 Å². The van der Waals surface area contributed by atoms with Gasteiger partial charge in [0.05, 0.1) is 6.04 Å². The van der Waals surface area contributed by atoms with E-state index in [1.54, 1.807) is 24.0 Å². The van der Waals surface area contributed by atoms with Crippen LogP contribution in [0.5, 0.6) is 0 Å². The number of carbonyl (C=O) groups is 2. The third-order valence-electron chi connectivity index (χ3n) is 2.06. The summed E-state index contributed by atoms with van der Waals surface area (Å²) in [5.74, 6) is -1.02. The highest BCUT2D eigenvalue weighted by Crippen LogP contribution is 2.03. The third kappa shape index (κ3) is 5.85. The molecule has 0 saturated heterocycles. The number of halogens is 2. The van der Waals surface area contributed by atoms with Crippen molar-refractivity contribution in [1.82, 2.24) is 9.55 Å². The van der Waals surface area contributed by atoms with E-state index in [9.17, 15) is 9.59 Å². The summed E-state index contributed by atoms with van der Waals surface area (Å²) >= 11 is 0. The van der Waals surface area contributed by atoms with E-state index in [0.29, 0.717) is 5.95 Å². The summed E-state index contributed by atoms with van der Waals surface area (Å²) in [6, 6.07) is -0.840. The number of carboxylic acids is 1. The van der Waals surface area contributed by atoms with Gasteiger partial charge in [0, 0.05) is 25.9 Å². The monoisotopic (exact) mass is 298 g/mol. The first kappa shape index (κ1) is 19.0. The lowest BCUT2D eigenvalue weighted by Gasteiger charge is -2.10. The number of nitrogens with zero attached hydrogens (tertiary/aromatic N) is 2. The fourth-order valence-electron chi connectivity index (χ4n) is 1.10. The summed E-state index contributed by atoms with van der Waals surface area (Å²) in [7, 11) is 1.73. The van der Waals surface area contributed by atoms with Crippen LogP contribution in [0.3, 0.4) is 0 Å². The van der Waals surface area contributed by atoms with Gasteiger partial charge in [0.25, 0.3) is 0 Å². The van der Waals surface area contributed by atoms with Gasteiger partial charge < -0.3 is 15.4 Å². The Bertz CT molecular complexity index is 397. The van der Waals surface area contributed by atoms with Gasteiger partial charge in [-0.05, 0) is 6.42 Å². The topological polar surface area (TPSA) is 110 Å². The highest BCUT2D eigenvalue weighted by atomic mass is 35.5. The first-order valence-electron chi connectivity index (χ1n) is 4.76.